The smallest absolute Gasteiger partial charge is 0.341 e. The minimum atomic E-state index is -1.01. The topological polar surface area (TPSA) is 63.3 Å². The zero-order chi connectivity index (χ0) is 13.3. The Hall–Kier alpha value is -1.62. The average molecular weight is 310 g/mol. The molecule has 0 aliphatic heterocycles. The van der Waals surface area contributed by atoms with E-state index in [0.29, 0.717) is 17.9 Å². The summed E-state index contributed by atoms with van der Waals surface area (Å²) in [5.41, 5.74) is 2.30. The number of benzene rings is 1. The van der Waals surface area contributed by atoms with Gasteiger partial charge in [0.2, 0.25) is 0 Å². The molecule has 1 N–H and O–H groups in total. The molecule has 0 amide bonds. The first-order valence-electron chi connectivity index (χ1n) is 5.53. The van der Waals surface area contributed by atoms with Crippen LogP contribution in [0.2, 0.25) is 0 Å². The Morgan fingerprint density at radius 3 is 2.78 bits per heavy atom. The van der Waals surface area contributed by atoms with Gasteiger partial charge < -0.3 is 9.63 Å². The van der Waals surface area contributed by atoms with Gasteiger partial charge in [-0.25, -0.2) is 4.79 Å². The summed E-state index contributed by atoms with van der Waals surface area (Å²) in [7, 11) is 0. The van der Waals surface area contributed by atoms with Gasteiger partial charge in [0.1, 0.15) is 11.3 Å². The van der Waals surface area contributed by atoms with E-state index in [-0.39, 0.29) is 5.56 Å². The van der Waals surface area contributed by atoms with Crippen LogP contribution in [0.25, 0.3) is 11.3 Å². The van der Waals surface area contributed by atoms with E-state index in [1.807, 2.05) is 32.0 Å². The second-order valence-electron chi connectivity index (χ2n) is 3.95. The summed E-state index contributed by atoms with van der Waals surface area (Å²) in [5, 5.41) is 13.1. The molecule has 18 heavy (non-hydrogen) atoms. The van der Waals surface area contributed by atoms with Gasteiger partial charge in [0.15, 0.2) is 5.76 Å². The van der Waals surface area contributed by atoms with Crippen molar-refractivity contribution in [3.05, 3.63) is 39.6 Å². The number of nitrogens with zero attached hydrogens (tertiary/aromatic N) is 1. The van der Waals surface area contributed by atoms with E-state index in [1.54, 1.807) is 0 Å². The first-order valence-corrected chi connectivity index (χ1v) is 6.32. The van der Waals surface area contributed by atoms with Crippen LogP contribution < -0.4 is 0 Å². The Bertz CT molecular complexity index is 604. The minimum absolute atomic E-state index is 0.152. The molecule has 0 atom stereocenters. The largest absolute Gasteiger partial charge is 0.477 e. The molecule has 1 heterocycles. The van der Waals surface area contributed by atoms with Gasteiger partial charge in [-0.05, 0) is 24.6 Å². The van der Waals surface area contributed by atoms with Gasteiger partial charge in [0.25, 0.3) is 0 Å². The molecule has 0 unspecified atom stereocenters. The van der Waals surface area contributed by atoms with E-state index in [2.05, 4.69) is 21.1 Å². The summed E-state index contributed by atoms with van der Waals surface area (Å²) in [6.07, 6.45) is 0.504. The van der Waals surface area contributed by atoms with Gasteiger partial charge in [-0.1, -0.05) is 34.1 Å². The van der Waals surface area contributed by atoms with E-state index in [9.17, 15) is 9.90 Å². The molecule has 0 saturated carbocycles. The molecule has 4 nitrogen and oxygen atoms in total. The summed E-state index contributed by atoms with van der Waals surface area (Å²) in [4.78, 5) is 11.3. The van der Waals surface area contributed by atoms with Gasteiger partial charge in [-0.15, -0.1) is 0 Å². The number of aromatic carboxylic acids is 1. The molecule has 0 fully saturated rings. The van der Waals surface area contributed by atoms with Gasteiger partial charge >= 0.3 is 5.97 Å². The Morgan fingerprint density at radius 1 is 1.50 bits per heavy atom. The minimum Gasteiger partial charge on any atom is -0.477 e. The highest BCUT2D eigenvalue weighted by Gasteiger charge is 2.22. The van der Waals surface area contributed by atoms with Crippen molar-refractivity contribution in [3.8, 4) is 11.3 Å². The maximum absolute atomic E-state index is 11.3. The van der Waals surface area contributed by atoms with Crippen molar-refractivity contribution in [2.24, 2.45) is 0 Å². The Morgan fingerprint density at radius 2 is 2.22 bits per heavy atom. The van der Waals surface area contributed by atoms with Crippen molar-refractivity contribution in [1.29, 1.82) is 0 Å². The quantitative estimate of drug-likeness (QED) is 0.939. The lowest BCUT2D eigenvalue weighted by atomic mass is 10.0. The van der Waals surface area contributed by atoms with Gasteiger partial charge in [-0.3, -0.25) is 0 Å². The van der Waals surface area contributed by atoms with E-state index < -0.39 is 5.97 Å². The van der Waals surface area contributed by atoms with Crippen LogP contribution in [0.3, 0.4) is 0 Å². The molecule has 1 aromatic heterocycles. The van der Waals surface area contributed by atoms with Crippen LogP contribution in [0.5, 0.6) is 0 Å². The molecule has 94 valence electrons. The number of hydrogen-bond acceptors (Lipinski definition) is 3. The zero-order valence-corrected chi connectivity index (χ0v) is 11.6. The highest BCUT2D eigenvalue weighted by atomic mass is 79.9. The molecule has 0 saturated heterocycles. The number of rotatable bonds is 3. The highest BCUT2D eigenvalue weighted by Crippen LogP contribution is 2.29. The summed E-state index contributed by atoms with van der Waals surface area (Å²) >= 11 is 3.41. The number of halogens is 1. The Labute approximate surface area is 113 Å². The number of carboxylic acids is 1. The third-order valence-electron chi connectivity index (χ3n) is 2.73. The van der Waals surface area contributed by atoms with Gasteiger partial charge in [-0.2, -0.15) is 0 Å². The van der Waals surface area contributed by atoms with Crippen molar-refractivity contribution in [1.82, 2.24) is 5.16 Å². The Balaban J connectivity index is 2.60. The van der Waals surface area contributed by atoms with E-state index in [4.69, 9.17) is 4.52 Å². The molecule has 5 heteroatoms. The molecule has 2 aromatic rings. The third-order valence-corrected chi connectivity index (χ3v) is 3.62. The highest BCUT2D eigenvalue weighted by molar-refractivity contribution is 9.10. The predicted octanol–water partition coefficient (Wildman–Crippen LogP) is 3.67. The molecule has 0 spiro atoms. The third kappa shape index (κ3) is 2.18. The molecule has 0 aliphatic rings. The van der Waals surface area contributed by atoms with E-state index >= 15 is 0 Å². The fourth-order valence-electron chi connectivity index (χ4n) is 1.78. The van der Waals surface area contributed by atoms with Crippen LogP contribution in [-0.4, -0.2) is 16.2 Å². The average Bonchev–Trinajstić information content (AvgIpc) is 2.76. The maximum Gasteiger partial charge on any atom is 0.341 e. The lowest BCUT2D eigenvalue weighted by molar-refractivity contribution is 0.0695. The van der Waals surface area contributed by atoms with Crippen LogP contribution in [0, 0.1) is 6.92 Å². The first-order chi connectivity index (χ1) is 8.54. The van der Waals surface area contributed by atoms with E-state index in [1.165, 1.54) is 0 Å². The van der Waals surface area contributed by atoms with Gasteiger partial charge in [0, 0.05) is 16.5 Å². The zero-order valence-electron chi connectivity index (χ0n) is 10.0. The SMILES string of the molecule is CCc1onc(-c2ccc(Br)c(C)c2)c1C(=O)O. The van der Waals surface area contributed by atoms with Crippen LogP contribution in [-0.2, 0) is 6.42 Å². The number of aromatic nitrogens is 1. The molecular weight excluding hydrogens is 298 g/mol. The normalized spacial score (nSPS) is 10.6. The molecule has 0 bridgehead atoms. The molecule has 0 aliphatic carbocycles. The van der Waals surface area contributed by atoms with Crippen molar-refractivity contribution in [2.75, 3.05) is 0 Å². The number of hydrogen-bond donors (Lipinski definition) is 1. The summed E-state index contributed by atoms with van der Waals surface area (Å²) in [6, 6.07) is 5.57. The first kappa shape index (κ1) is 12.8. The van der Waals surface area contributed by atoms with Crippen molar-refractivity contribution in [2.45, 2.75) is 20.3 Å². The lowest BCUT2D eigenvalue weighted by Gasteiger charge is -2.02. The predicted molar refractivity (Wildman–Crippen MR) is 70.7 cm³/mol. The fraction of sp³-hybridized carbons (Fsp3) is 0.231. The molecule has 1 aromatic carbocycles. The van der Waals surface area contributed by atoms with Crippen LogP contribution in [0.4, 0.5) is 0 Å². The number of carbonyl (C=O) groups is 1. The summed E-state index contributed by atoms with van der Waals surface area (Å²) < 4.78 is 6.06. The van der Waals surface area contributed by atoms with Crippen molar-refractivity contribution in [3.63, 3.8) is 0 Å². The van der Waals surface area contributed by atoms with Crippen LogP contribution >= 0.6 is 15.9 Å². The van der Waals surface area contributed by atoms with Crippen LogP contribution in [0.1, 0.15) is 28.6 Å². The van der Waals surface area contributed by atoms with Crippen molar-refractivity contribution < 1.29 is 14.4 Å². The summed E-state index contributed by atoms with van der Waals surface area (Å²) in [5.74, 6) is -0.609. The second kappa shape index (κ2) is 4.94. The van der Waals surface area contributed by atoms with Gasteiger partial charge in [0.05, 0.1) is 0 Å². The fourth-order valence-corrected chi connectivity index (χ4v) is 2.02. The number of aryl methyl sites for hydroxylation is 2. The monoisotopic (exact) mass is 309 g/mol. The standard InChI is InChI=1S/C13H12BrNO3/c1-3-10-11(13(16)17)12(15-18-10)8-4-5-9(14)7(2)6-8/h4-6H,3H2,1-2H3,(H,16,17). The maximum atomic E-state index is 11.3. The van der Waals surface area contributed by atoms with E-state index in [0.717, 1.165) is 15.6 Å². The lowest BCUT2D eigenvalue weighted by Crippen LogP contribution is -2.01. The second-order valence-corrected chi connectivity index (χ2v) is 4.81. The molecule has 2 rings (SSSR count). The number of carboxylic acid groups (broad SMARTS) is 1. The Kier molecular flexibility index (Phi) is 3.52. The summed E-state index contributed by atoms with van der Waals surface area (Å²) in [6.45, 7) is 3.78. The van der Waals surface area contributed by atoms with Crippen LogP contribution in [0.15, 0.2) is 27.2 Å². The molecule has 0 radical (unpaired) electrons. The van der Waals surface area contributed by atoms with Crippen molar-refractivity contribution >= 4 is 21.9 Å². The molecular formula is C13H12BrNO3.